The summed E-state index contributed by atoms with van der Waals surface area (Å²) < 4.78 is 0. The molecular formula is C70H51N. The van der Waals surface area contributed by atoms with Gasteiger partial charge in [0, 0.05) is 22.4 Å². The van der Waals surface area contributed by atoms with E-state index in [1.807, 2.05) is 0 Å². The zero-order chi connectivity index (χ0) is 47.5. The van der Waals surface area contributed by atoms with Crippen LogP contribution in [0.2, 0.25) is 0 Å². The first-order valence-electron chi connectivity index (χ1n) is 24.8. The van der Waals surface area contributed by atoms with Crippen molar-refractivity contribution in [1.82, 2.24) is 0 Å². The molecule has 0 radical (unpaired) electrons. The predicted molar refractivity (Wildman–Crippen MR) is 298 cm³/mol. The molecule has 11 aromatic carbocycles. The smallest absolute Gasteiger partial charge is 0.0719 e. The molecule has 0 unspecified atom stereocenters. The zero-order valence-electron chi connectivity index (χ0n) is 39.9. The van der Waals surface area contributed by atoms with Crippen LogP contribution in [-0.4, -0.2) is 0 Å². The minimum Gasteiger partial charge on any atom is -0.310 e. The summed E-state index contributed by atoms with van der Waals surface area (Å²) in [6, 6.07) is 101. The Bertz CT molecular complexity index is 3740. The molecule has 0 bridgehead atoms. The van der Waals surface area contributed by atoms with E-state index >= 15 is 0 Å². The lowest BCUT2D eigenvalue weighted by Crippen LogP contribution is -2.40. The highest BCUT2D eigenvalue weighted by Gasteiger charge is 2.53. The Morgan fingerprint density at radius 2 is 0.592 bits per heavy atom. The van der Waals surface area contributed by atoms with Crippen molar-refractivity contribution in [2.24, 2.45) is 0 Å². The van der Waals surface area contributed by atoms with Crippen molar-refractivity contribution >= 4 is 17.1 Å². The monoisotopic (exact) mass is 905 g/mol. The minimum absolute atomic E-state index is 0.164. The number of rotatable bonds is 8. The highest BCUT2D eigenvalue weighted by atomic mass is 15.1. The van der Waals surface area contributed by atoms with Crippen LogP contribution in [0.3, 0.4) is 0 Å². The van der Waals surface area contributed by atoms with Gasteiger partial charge in [0.2, 0.25) is 0 Å². The summed E-state index contributed by atoms with van der Waals surface area (Å²) >= 11 is 0. The van der Waals surface area contributed by atoms with Gasteiger partial charge in [-0.1, -0.05) is 257 Å². The first kappa shape index (κ1) is 42.3. The van der Waals surface area contributed by atoms with Gasteiger partial charge in [-0.05, 0) is 125 Å². The molecular weight excluding hydrogens is 855 g/mol. The maximum absolute atomic E-state index is 2.49. The summed E-state index contributed by atoms with van der Waals surface area (Å²) in [6.45, 7) is 4.78. The molecule has 2 aliphatic carbocycles. The van der Waals surface area contributed by atoms with E-state index in [4.69, 9.17) is 0 Å². The Morgan fingerprint density at radius 1 is 0.239 bits per heavy atom. The number of anilines is 3. The third-order valence-electron chi connectivity index (χ3n) is 15.4. The van der Waals surface area contributed by atoms with Crippen molar-refractivity contribution in [2.45, 2.75) is 24.7 Å². The molecule has 0 saturated heterocycles. The van der Waals surface area contributed by atoms with E-state index < -0.39 is 5.41 Å². The summed E-state index contributed by atoms with van der Waals surface area (Å²) in [5.41, 5.74) is 25.2. The van der Waals surface area contributed by atoms with Gasteiger partial charge in [0.05, 0.1) is 11.1 Å². The SMILES string of the molecule is CC1(C)c2ccccc2C2(c3ccccc3-c3cc(N(c4ccc(-c5ccccc5-c5ccccc5)cc4)c4ccccc4-c4ccccc4-c4ccccc4-c4ccccc4)ccc32)c2ccccc21. The second-order valence-electron chi connectivity index (χ2n) is 19.5. The fourth-order valence-corrected chi connectivity index (χ4v) is 12.3. The number of para-hydroxylation sites is 1. The van der Waals surface area contributed by atoms with Crippen LogP contribution in [0.5, 0.6) is 0 Å². The van der Waals surface area contributed by atoms with Crippen molar-refractivity contribution in [3.8, 4) is 66.8 Å². The fraction of sp³-hybridized carbons (Fsp3) is 0.0571. The van der Waals surface area contributed by atoms with Crippen molar-refractivity contribution in [2.75, 3.05) is 4.90 Å². The number of benzene rings is 11. The normalized spacial score (nSPS) is 13.4. The van der Waals surface area contributed by atoms with Crippen LogP contribution >= 0.6 is 0 Å². The number of hydrogen-bond donors (Lipinski definition) is 0. The first-order valence-corrected chi connectivity index (χ1v) is 24.8. The van der Waals surface area contributed by atoms with Gasteiger partial charge >= 0.3 is 0 Å². The van der Waals surface area contributed by atoms with Gasteiger partial charge in [0.15, 0.2) is 0 Å². The van der Waals surface area contributed by atoms with E-state index in [2.05, 4.69) is 292 Å². The second-order valence-corrected chi connectivity index (χ2v) is 19.5. The molecule has 0 heterocycles. The van der Waals surface area contributed by atoms with Crippen molar-refractivity contribution < 1.29 is 0 Å². The first-order chi connectivity index (χ1) is 35.0. The summed E-state index contributed by atoms with van der Waals surface area (Å²) in [5.74, 6) is 0. The zero-order valence-corrected chi connectivity index (χ0v) is 39.9. The van der Waals surface area contributed by atoms with Crippen molar-refractivity contribution in [3.05, 3.63) is 306 Å². The van der Waals surface area contributed by atoms with Crippen LogP contribution in [0.25, 0.3) is 66.8 Å². The van der Waals surface area contributed by atoms with Gasteiger partial charge in [-0.25, -0.2) is 0 Å². The minimum atomic E-state index is -0.477. The maximum atomic E-state index is 2.49. The molecule has 0 atom stereocenters. The topological polar surface area (TPSA) is 3.24 Å². The quantitative estimate of drug-likeness (QED) is 0.147. The average molecular weight is 906 g/mol. The van der Waals surface area contributed by atoms with Crippen LogP contribution in [0.15, 0.2) is 273 Å². The molecule has 13 rings (SSSR count). The molecule has 1 nitrogen and oxygen atoms in total. The molecule has 0 aliphatic heterocycles. The van der Waals surface area contributed by atoms with E-state index in [0.29, 0.717) is 0 Å². The van der Waals surface area contributed by atoms with Gasteiger partial charge in [-0.2, -0.15) is 0 Å². The van der Waals surface area contributed by atoms with Crippen molar-refractivity contribution in [1.29, 1.82) is 0 Å². The van der Waals surface area contributed by atoms with E-state index in [0.717, 1.165) is 22.6 Å². The van der Waals surface area contributed by atoms with Crippen LogP contribution in [-0.2, 0) is 10.8 Å². The number of hydrogen-bond acceptors (Lipinski definition) is 1. The Labute approximate surface area is 417 Å². The second kappa shape index (κ2) is 17.0. The Morgan fingerprint density at radius 3 is 1.14 bits per heavy atom. The number of nitrogens with zero attached hydrogens (tertiary/aromatic N) is 1. The van der Waals surface area contributed by atoms with E-state index in [1.165, 1.54) is 94.6 Å². The predicted octanol–water partition coefficient (Wildman–Crippen LogP) is 18.5. The molecule has 0 N–H and O–H groups in total. The number of fused-ring (bicyclic) bond motifs is 9. The molecule has 0 aromatic heterocycles. The molecule has 0 amide bonds. The molecule has 71 heavy (non-hydrogen) atoms. The molecule has 0 fully saturated rings. The van der Waals surface area contributed by atoms with Crippen LogP contribution < -0.4 is 4.90 Å². The van der Waals surface area contributed by atoms with Crippen molar-refractivity contribution in [3.63, 3.8) is 0 Å². The van der Waals surface area contributed by atoms with Crippen LogP contribution in [0.4, 0.5) is 17.1 Å². The lowest BCUT2D eigenvalue weighted by molar-refractivity contribution is 0.563. The van der Waals surface area contributed by atoms with Gasteiger partial charge in [-0.3, -0.25) is 0 Å². The van der Waals surface area contributed by atoms with Gasteiger partial charge in [0.1, 0.15) is 0 Å². The highest BCUT2D eigenvalue weighted by Crippen LogP contribution is 2.63. The van der Waals surface area contributed by atoms with Gasteiger partial charge < -0.3 is 4.90 Å². The standard InChI is InChI=1S/C70H51N/c1-69(2)64-36-18-20-38-66(64)70(67-39-21-19-37-65(67)69)62-35-17-15-33-59(62)61-47-52(45-46-63(61)70)71(51-43-41-50(42-44-51)54-28-10-9-27-53(54)48-23-5-3-6-24-48)68-40-22-16-34-60(68)58-32-14-13-31-57(58)56-30-12-11-29-55(56)49-25-7-4-8-26-49/h3-47H,1-2H3. The molecule has 0 saturated carbocycles. The van der Waals surface area contributed by atoms with E-state index in [9.17, 15) is 0 Å². The molecule has 1 spiro atoms. The molecule has 336 valence electrons. The fourth-order valence-electron chi connectivity index (χ4n) is 12.3. The lowest BCUT2D eigenvalue weighted by Gasteiger charge is -2.46. The van der Waals surface area contributed by atoms with Gasteiger partial charge in [0.25, 0.3) is 0 Å². The summed E-state index contributed by atoms with van der Waals surface area (Å²) in [7, 11) is 0. The Hall–Kier alpha value is -8.78. The van der Waals surface area contributed by atoms with Gasteiger partial charge in [-0.15, -0.1) is 0 Å². The average Bonchev–Trinajstić information content (AvgIpc) is 3.73. The Balaban J connectivity index is 1.03. The maximum Gasteiger partial charge on any atom is 0.0719 e. The van der Waals surface area contributed by atoms with E-state index in [1.54, 1.807) is 0 Å². The van der Waals surface area contributed by atoms with Crippen LogP contribution in [0, 0.1) is 0 Å². The summed E-state index contributed by atoms with van der Waals surface area (Å²) in [4.78, 5) is 2.49. The van der Waals surface area contributed by atoms with Crippen LogP contribution in [0.1, 0.15) is 47.2 Å². The third kappa shape index (κ3) is 6.68. The molecule has 1 heteroatoms. The lowest BCUT2D eigenvalue weighted by atomic mass is 9.55. The highest BCUT2D eigenvalue weighted by molar-refractivity contribution is 5.99. The molecule has 11 aromatic rings. The largest absolute Gasteiger partial charge is 0.310 e. The van der Waals surface area contributed by atoms with E-state index in [-0.39, 0.29) is 5.41 Å². The molecule has 2 aliphatic rings. The Kier molecular flexibility index (Phi) is 10.1. The summed E-state index contributed by atoms with van der Waals surface area (Å²) in [5, 5.41) is 0. The summed E-state index contributed by atoms with van der Waals surface area (Å²) in [6.07, 6.45) is 0. The third-order valence-corrected chi connectivity index (χ3v) is 15.4.